The van der Waals surface area contributed by atoms with E-state index in [-0.39, 0.29) is 0 Å². The fraction of sp³-hybridized carbons (Fsp3) is 0.417. The average molecular weight is 231 g/mol. The van der Waals surface area contributed by atoms with Crippen LogP contribution < -0.4 is 5.32 Å². The topological polar surface area (TPSA) is 55.6 Å². The summed E-state index contributed by atoms with van der Waals surface area (Å²) in [6, 6.07) is 3.96. The van der Waals surface area contributed by atoms with Crippen molar-refractivity contribution in [3.05, 3.63) is 35.8 Å². The van der Waals surface area contributed by atoms with Gasteiger partial charge in [0.05, 0.1) is 5.69 Å². The number of aromatic nitrogens is 4. The van der Waals surface area contributed by atoms with Crippen LogP contribution in [0.2, 0.25) is 0 Å². The van der Waals surface area contributed by atoms with Gasteiger partial charge in [-0.15, -0.1) is 5.10 Å². The monoisotopic (exact) mass is 231 g/mol. The van der Waals surface area contributed by atoms with E-state index in [4.69, 9.17) is 0 Å². The number of nitrogens with zero attached hydrogens (tertiary/aromatic N) is 4. The highest BCUT2D eigenvalue weighted by Crippen LogP contribution is 2.07. The second-order valence-corrected chi connectivity index (χ2v) is 4.05. The van der Waals surface area contributed by atoms with Crippen LogP contribution in [0.1, 0.15) is 17.7 Å². The summed E-state index contributed by atoms with van der Waals surface area (Å²) in [5, 5.41) is 15.6. The van der Waals surface area contributed by atoms with Crippen molar-refractivity contribution in [3.8, 4) is 0 Å². The molecule has 0 saturated carbocycles. The van der Waals surface area contributed by atoms with E-state index < -0.39 is 0 Å². The minimum Gasteiger partial charge on any atom is -0.369 e. The molecule has 90 valence electrons. The van der Waals surface area contributed by atoms with E-state index >= 15 is 0 Å². The normalized spacial score (nSPS) is 10.5. The van der Waals surface area contributed by atoms with E-state index in [2.05, 4.69) is 20.6 Å². The zero-order valence-electron chi connectivity index (χ0n) is 10.2. The Morgan fingerprint density at radius 1 is 1.29 bits per heavy atom. The van der Waals surface area contributed by atoms with Gasteiger partial charge in [-0.3, -0.25) is 4.68 Å². The van der Waals surface area contributed by atoms with Gasteiger partial charge in [0, 0.05) is 25.5 Å². The van der Waals surface area contributed by atoms with Gasteiger partial charge in [0.15, 0.2) is 0 Å². The average Bonchev–Trinajstić information content (AvgIpc) is 2.82. The van der Waals surface area contributed by atoms with Gasteiger partial charge in [-0.1, -0.05) is 0 Å². The minimum absolute atomic E-state index is 0.841. The molecule has 2 aromatic rings. The van der Waals surface area contributed by atoms with Crippen molar-refractivity contribution in [2.75, 3.05) is 11.9 Å². The quantitative estimate of drug-likeness (QED) is 0.797. The third-order valence-corrected chi connectivity index (χ3v) is 2.66. The fourth-order valence-electron chi connectivity index (χ4n) is 1.52. The molecule has 0 aliphatic carbocycles. The molecular formula is C12H17N5. The maximum Gasteiger partial charge on any atom is 0.148 e. The highest BCUT2D eigenvalue weighted by molar-refractivity contribution is 5.37. The number of hydrogen-bond donors (Lipinski definition) is 1. The predicted octanol–water partition coefficient (Wildman–Crippen LogP) is 1.79. The van der Waals surface area contributed by atoms with Gasteiger partial charge in [0.2, 0.25) is 0 Å². The lowest BCUT2D eigenvalue weighted by Crippen LogP contribution is -2.09. The first-order chi connectivity index (χ1) is 8.25. The third-order valence-electron chi connectivity index (χ3n) is 2.66. The van der Waals surface area contributed by atoms with Crippen molar-refractivity contribution >= 4 is 5.82 Å². The van der Waals surface area contributed by atoms with Crippen molar-refractivity contribution in [1.29, 1.82) is 0 Å². The van der Waals surface area contributed by atoms with Crippen LogP contribution in [0.3, 0.4) is 0 Å². The molecule has 2 heterocycles. The van der Waals surface area contributed by atoms with Crippen LogP contribution in [0.25, 0.3) is 0 Å². The van der Waals surface area contributed by atoms with Crippen LogP contribution in [-0.4, -0.2) is 26.5 Å². The van der Waals surface area contributed by atoms with Crippen LogP contribution in [0, 0.1) is 13.8 Å². The molecule has 0 bridgehead atoms. The lowest BCUT2D eigenvalue weighted by molar-refractivity contribution is 0.591. The molecule has 2 rings (SSSR count). The van der Waals surface area contributed by atoms with Gasteiger partial charge in [-0.2, -0.15) is 10.2 Å². The summed E-state index contributed by atoms with van der Waals surface area (Å²) in [6.07, 6.45) is 4.77. The van der Waals surface area contributed by atoms with E-state index in [9.17, 15) is 0 Å². The molecule has 0 aromatic carbocycles. The van der Waals surface area contributed by atoms with Gasteiger partial charge in [-0.05, 0) is 38.0 Å². The lowest BCUT2D eigenvalue weighted by Gasteiger charge is -2.06. The Morgan fingerprint density at radius 3 is 2.88 bits per heavy atom. The Balaban J connectivity index is 1.76. The lowest BCUT2D eigenvalue weighted by atomic mass is 10.2. The van der Waals surface area contributed by atoms with Crippen LogP contribution in [0.15, 0.2) is 24.5 Å². The maximum absolute atomic E-state index is 4.15. The van der Waals surface area contributed by atoms with Gasteiger partial charge < -0.3 is 5.32 Å². The van der Waals surface area contributed by atoms with Crippen LogP contribution in [0.4, 0.5) is 5.82 Å². The van der Waals surface area contributed by atoms with E-state index in [0.717, 1.165) is 36.6 Å². The Labute approximate surface area is 101 Å². The molecule has 5 nitrogen and oxygen atoms in total. The van der Waals surface area contributed by atoms with E-state index in [1.807, 2.05) is 36.9 Å². The Morgan fingerprint density at radius 2 is 2.18 bits per heavy atom. The first-order valence-corrected chi connectivity index (χ1v) is 5.78. The fourth-order valence-corrected chi connectivity index (χ4v) is 1.52. The molecule has 0 saturated heterocycles. The number of rotatable bonds is 5. The summed E-state index contributed by atoms with van der Waals surface area (Å²) >= 11 is 0. The summed E-state index contributed by atoms with van der Waals surface area (Å²) in [6.45, 7) is 5.79. The molecule has 0 atom stereocenters. The van der Waals surface area contributed by atoms with Crippen molar-refractivity contribution in [1.82, 2.24) is 20.0 Å². The summed E-state index contributed by atoms with van der Waals surface area (Å²) in [5.41, 5.74) is 2.14. The largest absolute Gasteiger partial charge is 0.369 e. The molecule has 0 radical (unpaired) electrons. The first-order valence-electron chi connectivity index (χ1n) is 5.78. The Bertz CT molecular complexity index is 464. The van der Waals surface area contributed by atoms with Crippen LogP contribution in [0.5, 0.6) is 0 Å². The highest BCUT2D eigenvalue weighted by atomic mass is 15.3. The SMILES string of the molecule is Cc1cc(NCCCn2cccn2)nnc1C. The number of aryl methyl sites for hydroxylation is 3. The standard InChI is InChI=1S/C12H17N5/c1-10-9-12(16-15-11(10)2)13-5-3-7-17-8-4-6-14-17/h4,6,8-9H,3,5,7H2,1-2H3,(H,13,16). The van der Waals surface area contributed by atoms with E-state index in [0.29, 0.717) is 0 Å². The molecule has 0 unspecified atom stereocenters. The van der Waals surface area contributed by atoms with Crippen LogP contribution in [-0.2, 0) is 6.54 Å². The van der Waals surface area contributed by atoms with Gasteiger partial charge in [0.1, 0.15) is 5.82 Å². The van der Waals surface area contributed by atoms with Crippen molar-refractivity contribution in [2.24, 2.45) is 0 Å². The van der Waals surface area contributed by atoms with Gasteiger partial charge in [0.25, 0.3) is 0 Å². The second-order valence-electron chi connectivity index (χ2n) is 4.05. The Hall–Kier alpha value is -1.91. The predicted molar refractivity (Wildman–Crippen MR) is 66.8 cm³/mol. The third kappa shape index (κ3) is 3.27. The molecule has 17 heavy (non-hydrogen) atoms. The molecule has 0 amide bonds. The minimum atomic E-state index is 0.841. The molecular weight excluding hydrogens is 214 g/mol. The molecule has 0 aliphatic rings. The van der Waals surface area contributed by atoms with Crippen molar-refractivity contribution in [3.63, 3.8) is 0 Å². The second kappa shape index (κ2) is 5.43. The molecule has 0 spiro atoms. The van der Waals surface area contributed by atoms with Crippen molar-refractivity contribution in [2.45, 2.75) is 26.8 Å². The zero-order valence-corrected chi connectivity index (χ0v) is 10.2. The summed E-state index contributed by atoms with van der Waals surface area (Å²) in [5.74, 6) is 0.841. The maximum atomic E-state index is 4.15. The molecule has 5 heteroatoms. The van der Waals surface area contributed by atoms with Gasteiger partial charge in [-0.25, -0.2) is 0 Å². The van der Waals surface area contributed by atoms with Crippen LogP contribution >= 0.6 is 0 Å². The smallest absolute Gasteiger partial charge is 0.148 e. The molecule has 0 fully saturated rings. The van der Waals surface area contributed by atoms with E-state index in [1.54, 1.807) is 6.20 Å². The summed E-state index contributed by atoms with van der Waals surface area (Å²) < 4.78 is 1.92. The number of anilines is 1. The van der Waals surface area contributed by atoms with Crippen molar-refractivity contribution < 1.29 is 0 Å². The molecule has 2 aromatic heterocycles. The number of nitrogens with one attached hydrogen (secondary N) is 1. The van der Waals surface area contributed by atoms with E-state index in [1.165, 1.54) is 0 Å². The Kier molecular flexibility index (Phi) is 3.69. The highest BCUT2D eigenvalue weighted by Gasteiger charge is 1.98. The van der Waals surface area contributed by atoms with Gasteiger partial charge >= 0.3 is 0 Å². The molecule has 1 N–H and O–H groups in total. The molecule has 0 aliphatic heterocycles. The zero-order chi connectivity index (χ0) is 12.1. The first kappa shape index (κ1) is 11.6. The number of hydrogen-bond acceptors (Lipinski definition) is 4. The summed E-state index contributed by atoms with van der Waals surface area (Å²) in [4.78, 5) is 0. The summed E-state index contributed by atoms with van der Waals surface area (Å²) in [7, 11) is 0.